The second-order valence-corrected chi connectivity index (χ2v) is 4.49. The van der Waals surface area contributed by atoms with Gasteiger partial charge in [0.15, 0.2) is 0 Å². The molecule has 2 rings (SSSR count). The number of anilines is 1. The highest BCUT2D eigenvalue weighted by Gasteiger charge is 2.18. The molecule has 2 N–H and O–H groups in total. The maximum Gasteiger partial charge on any atom is 0.0745 e. The second-order valence-electron chi connectivity index (χ2n) is 4.49. The quantitative estimate of drug-likeness (QED) is 0.791. The van der Waals surface area contributed by atoms with Crippen LogP contribution < -0.4 is 10.8 Å². The summed E-state index contributed by atoms with van der Waals surface area (Å²) in [4.78, 5) is 7.22. The highest BCUT2D eigenvalue weighted by Crippen LogP contribution is 2.29. The van der Waals surface area contributed by atoms with Gasteiger partial charge in [-0.2, -0.15) is 0 Å². The smallest absolute Gasteiger partial charge is 0.0745 e. The van der Waals surface area contributed by atoms with E-state index in [1.165, 1.54) is 37.2 Å². The predicted octanol–water partition coefficient (Wildman–Crippen LogP) is 2.28. The molecule has 0 bridgehead atoms. The van der Waals surface area contributed by atoms with E-state index in [-0.39, 0.29) is 0 Å². The zero-order chi connectivity index (χ0) is 11.4. The number of rotatable bonds is 4. The molecule has 0 saturated carbocycles. The molecule has 0 amide bonds. The number of benzene rings is 1. The fraction of sp³-hybridized carbons (Fsp3) is 0.538. The van der Waals surface area contributed by atoms with Gasteiger partial charge in [-0.15, -0.1) is 0 Å². The lowest BCUT2D eigenvalue weighted by molar-refractivity contribution is 0.127. The molecular weight excluding hydrogens is 200 g/mol. The number of hydrogen-bond donors (Lipinski definition) is 1. The lowest BCUT2D eigenvalue weighted by Crippen LogP contribution is -2.20. The van der Waals surface area contributed by atoms with Gasteiger partial charge in [-0.1, -0.05) is 25.1 Å². The molecular formula is C13H20N2O. The van der Waals surface area contributed by atoms with Crippen molar-refractivity contribution in [1.29, 1.82) is 0 Å². The molecule has 3 heteroatoms. The average Bonchev–Trinajstić information content (AvgIpc) is 2.83. The van der Waals surface area contributed by atoms with Gasteiger partial charge in [0.1, 0.15) is 0 Å². The zero-order valence-corrected chi connectivity index (χ0v) is 9.86. The largest absolute Gasteiger partial charge is 0.371 e. The van der Waals surface area contributed by atoms with Crippen molar-refractivity contribution in [1.82, 2.24) is 0 Å². The van der Waals surface area contributed by atoms with Gasteiger partial charge in [0, 0.05) is 24.7 Å². The molecule has 0 aromatic heterocycles. The Labute approximate surface area is 97.1 Å². The van der Waals surface area contributed by atoms with Gasteiger partial charge in [-0.3, -0.25) is 0 Å². The maximum absolute atomic E-state index is 5.16. The third-order valence-corrected chi connectivity index (χ3v) is 3.26. The Morgan fingerprint density at radius 3 is 2.69 bits per heavy atom. The summed E-state index contributed by atoms with van der Waals surface area (Å²) < 4.78 is 0. The summed E-state index contributed by atoms with van der Waals surface area (Å²) in [5.74, 6) is 5.51. The highest BCUT2D eigenvalue weighted by molar-refractivity contribution is 5.55. The van der Waals surface area contributed by atoms with Crippen molar-refractivity contribution in [2.24, 2.45) is 5.90 Å². The number of hydrogen-bond acceptors (Lipinski definition) is 3. The van der Waals surface area contributed by atoms with E-state index in [2.05, 4.69) is 36.1 Å². The summed E-state index contributed by atoms with van der Waals surface area (Å²) in [5, 5.41) is 0. The van der Waals surface area contributed by atoms with Crippen LogP contribution >= 0.6 is 0 Å². The minimum Gasteiger partial charge on any atom is -0.371 e. The lowest BCUT2D eigenvalue weighted by atomic mass is 9.99. The average molecular weight is 220 g/mol. The van der Waals surface area contributed by atoms with Crippen molar-refractivity contribution in [3.05, 3.63) is 29.8 Å². The van der Waals surface area contributed by atoms with Crippen LogP contribution in [0.25, 0.3) is 0 Å². The first-order valence-electron chi connectivity index (χ1n) is 5.98. The Morgan fingerprint density at radius 1 is 1.31 bits per heavy atom. The van der Waals surface area contributed by atoms with E-state index in [4.69, 9.17) is 10.7 Å². The summed E-state index contributed by atoms with van der Waals surface area (Å²) in [6, 6.07) is 8.57. The Morgan fingerprint density at radius 2 is 2.00 bits per heavy atom. The SMILES string of the molecule is CC(CON)c1ccccc1N1CCCC1. The molecule has 16 heavy (non-hydrogen) atoms. The molecule has 1 atom stereocenters. The van der Waals surface area contributed by atoms with Gasteiger partial charge < -0.3 is 9.74 Å². The molecule has 1 aliphatic heterocycles. The maximum atomic E-state index is 5.16. The van der Waals surface area contributed by atoms with E-state index in [1.807, 2.05) is 0 Å². The number of nitrogens with two attached hydrogens (primary N) is 1. The van der Waals surface area contributed by atoms with Crippen LogP contribution in [0, 0.1) is 0 Å². The Kier molecular flexibility index (Phi) is 3.80. The topological polar surface area (TPSA) is 38.5 Å². The first kappa shape index (κ1) is 11.4. The normalized spacial score (nSPS) is 17.8. The Hall–Kier alpha value is -1.06. The first-order valence-corrected chi connectivity index (χ1v) is 5.98. The molecule has 0 aliphatic carbocycles. The molecule has 1 saturated heterocycles. The molecule has 1 fully saturated rings. The van der Waals surface area contributed by atoms with Crippen molar-refractivity contribution in [3.63, 3.8) is 0 Å². The van der Waals surface area contributed by atoms with E-state index < -0.39 is 0 Å². The van der Waals surface area contributed by atoms with E-state index in [9.17, 15) is 0 Å². The monoisotopic (exact) mass is 220 g/mol. The summed E-state index contributed by atoms with van der Waals surface area (Å²) in [7, 11) is 0. The van der Waals surface area contributed by atoms with Crippen molar-refractivity contribution < 1.29 is 4.84 Å². The molecule has 1 unspecified atom stereocenters. The van der Waals surface area contributed by atoms with Crippen LogP contribution in [0.3, 0.4) is 0 Å². The van der Waals surface area contributed by atoms with Crippen LogP contribution in [0.15, 0.2) is 24.3 Å². The number of para-hydroxylation sites is 1. The molecule has 1 aromatic carbocycles. The standard InChI is InChI=1S/C13H20N2O/c1-11(10-16-14)12-6-2-3-7-13(12)15-8-4-5-9-15/h2-3,6-7,11H,4-5,8-10,14H2,1H3. The third-order valence-electron chi connectivity index (χ3n) is 3.26. The minimum absolute atomic E-state index is 0.349. The first-order chi connectivity index (χ1) is 7.83. The van der Waals surface area contributed by atoms with Crippen molar-refractivity contribution in [2.45, 2.75) is 25.7 Å². The molecule has 0 radical (unpaired) electrons. The van der Waals surface area contributed by atoms with Crippen molar-refractivity contribution in [2.75, 3.05) is 24.6 Å². The van der Waals surface area contributed by atoms with Crippen LogP contribution in [0.1, 0.15) is 31.2 Å². The fourth-order valence-corrected chi connectivity index (χ4v) is 2.38. The van der Waals surface area contributed by atoms with E-state index in [0.29, 0.717) is 12.5 Å². The Bertz CT molecular complexity index is 334. The molecule has 88 valence electrons. The van der Waals surface area contributed by atoms with Crippen molar-refractivity contribution >= 4 is 5.69 Å². The number of nitrogens with zero attached hydrogens (tertiary/aromatic N) is 1. The zero-order valence-electron chi connectivity index (χ0n) is 9.86. The van der Waals surface area contributed by atoms with Gasteiger partial charge in [0.2, 0.25) is 0 Å². The van der Waals surface area contributed by atoms with Crippen LogP contribution in [0.4, 0.5) is 5.69 Å². The van der Waals surface area contributed by atoms with E-state index >= 15 is 0 Å². The molecule has 3 nitrogen and oxygen atoms in total. The van der Waals surface area contributed by atoms with Crippen LogP contribution in [0.5, 0.6) is 0 Å². The molecule has 0 spiro atoms. The molecule has 1 aromatic rings. The highest BCUT2D eigenvalue weighted by atomic mass is 16.6. The van der Waals surface area contributed by atoms with Crippen LogP contribution in [0.2, 0.25) is 0 Å². The predicted molar refractivity (Wildman–Crippen MR) is 66.4 cm³/mol. The third kappa shape index (κ3) is 2.36. The summed E-state index contributed by atoms with van der Waals surface area (Å²) in [6.07, 6.45) is 2.60. The summed E-state index contributed by atoms with van der Waals surface area (Å²) in [5.41, 5.74) is 2.69. The fourth-order valence-electron chi connectivity index (χ4n) is 2.38. The lowest BCUT2D eigenvalue weighted by Gasteiger charge is -2.24. The molecule has 1 heterocycles. The summed E-state index contributed by atoms with van der Waals surface area (Å²) in [6.45, 7) is 5.08. The molecule has 1 aliphatic rings. The van der Waals surface area contributed by atoms with Gasteiger partial charge in [-0.05, 0) is 24.5 Å². The summed E-state index contributed by atoms with van der Waals surface area (Å²) >= 11 is 0. The van der Waals surface area contributed by atoms with Gasteiger partial charge in [0.25, 0.3) is 0 Å². The second kappa shape index (κ2) is 5.32. The van der Waals surface area contributed by atoms with Gasteiger partial charge in [-0.25, -0.2) is 5.90 Å². The van der Waals surface area contributed by atoms with Crippen molar-refractivity contribution in [3.8, 4) is 0 Å². The van der Waals surface area contributed by atoms with Crippen LogP contribution in [-0.2, 0) is 4.84 Å². The van der Waals surface area contributed by atoms with Crippen LogP contribution in [-0.4, -0.2) is 19.7 Å². The Balaban J connectivity index is 2.22. The van der Waals surface area contributed by atoms with E-state index in [0.717, 1.165) is 0 Å². The van der Waals surface area contributed by atoms with Gasteiger partial charge in [0.05, 0.1) is 6.61 Å². The van der Waals surface area contributed by atoms with Gasteiger partial charge >= 0.3 is 0 Å². The minimum atomic E-state index is 0.349. The van der Waals surface area contributed by atoms with E-state index in [1.54, 1.807) is 0 Å².